The third-order valence-corrected chi connectivity index (χ3v) is 9.30. The zero-order chi connectivity index (χ0) is 33.5. The van der Waals surface area contributed by atoms with Crippen LogP contribution in [-0.2, 0) is 32.1 Å². The zero-order valence-corrected chi connectivity index (χ0v) is 27.5. The van der Waals surface area contributed by atoms with E-state index in [2.05, 4.69) is 15.5 Å². The molecule has 0 radical (unpaired) electrons. The standard InChI is InChI=1S/C39H43N3O7/c43-27-29-8-10-30(11-9-29)36-24-35(26-42-20-18-39(19-21-42)45-22-23-46-39)48-37(49-36)31-12-6-28(7-13-31)25-40-38(44)41-32-14-16-34(17-15-32)47-33-4-2-1-3-5-33/h1-17,35-37,43H,18-27H2,(H2,40,41,44)/t35-,36+,37+/m1/s1. The normalized spacial score (nSPS) is 22.1. The Balaban J connectivity index is 0.944. The second-order valence-corrected chi connectivity index (χ2v) is 12.7. The van der Waals surface area contributed by atoms with Crippen molar-refractivity contribution in [2.75, 3.05) is 38.2 Å². The molecule has 49 heavy (non-hydrogen) atoms. The highest BCUT2D eigenvalue weighted by atomic mass is 16.7. The molecule has 2 amide bonds. The molecule has 0 aliphatic carbocycles. The van der Waals surface area contributed by atoms with E-state index in [0.29, 0.717) is 31.2 Å². The van der Waals surface area contributed by atoms with Crippen molar-refractivity contribution in [2.24, 2.45) is 0 Å². The van der Waals surface area contributed by atoms with Crippen LogP contribution in [-0.4, -0.2) is 60.8 Å². The fourth-order valence-electron chi connectivity index (χ4n) is 6.56. The number of anilines is 1. The van der Waals surface area contributed by atoms with Crippen LogP contribution in [0.1, 0.15) is 53.9 Å². The largest absolute Gasteiger partial charge is 0.457 e. The molecule has 4 aromatic carbocycles. The summed E-state index contributed by atoms with van der Waals surface area (Å²) in [7, 11) is 0. The van der Waals surface area contributed by atoms with Crippen molar-refractivity contribution in [3.05, 3.63) is 125 Å². The smallest absolute Gasteiger partial charge is 0.319 e. The van der Waals surface area contributed by atoms with Gasteiger partial charge >= 0.3 is 6.03 Å². The Hall–Kier alpha value is -4.29. The highest BCUT2D eigenvalue weighted by Gasteiger charge is 2.41. The molecule has 0 unspecified atom stereocenters. The van der Waals surface area contributed by atoms with Crippen molar-refractivity contribution in [1.82, 2.24) is 10.2 Å². The molecule has 3 aliphatic rings. The highest BCUT2D eigenvalue weighted by Crippen LogP contribution is 2.39. The van der Waals surface area contributed by atoms with Crippen LogP contribution in [0.25, 0.3) is 0 Å². The van der Waals surface area contributed by atoms with Gasteiger partial charge in [-0.15, -0.1) is 0 Å². The minimum absolute atomic E-state index is 0.00459. The van der Waals surface area contributed by atoms with Crippen molar-refractivity contribution < 1.29 is 33.6 Å². The first-order valence-electron chi connectivity index (χ1n) is 17.0. The number of likely N-dealkylation sites (tertiary alicyclic amines) is 1. The zero-order valence-electron chi connectivity index (χ0n) is 27.5. The SMILES string of the molecule is O=C(NCc1ccc([C@H]2O[C@@H](CN3CCC4(CC3)OCCO4)C[C@@H](c3ccc(CO)cc3)O2)cc1)Nc1ccc(Oc2ccccc2)cc1. The average molecular weight is 666 g/mol. The van der Waals surface area contributed by atoms with Crippen molar-refractivity contribution in [1.29, 1.82) is 0 Å². The van der Waals surface area contributed by atoms with Gasteiger partial charge in [-0.1, -0.05) is 66.7 Å². The highest BCUT2D eigenvalue weighted by molar-refractivity contribution is 5.89. The van der Waals surface area contributed by atoms with E-state index >= 15 is 0 Å². The van der Waals surface area contributed by atoms with Crippen molar-refractivity contribution in [3.63, 3.8) is 0 Å². The van der Waals surface area contributed by atoms with E-state index in [0.717, 1.165) is 66.9 Å². The lowest BCUT2D eigenvalue weighted by atomic mass is 9.98. The molecule has 0 aromatic heterocycles. The van der Waals surface area contributed by atoms with Crippen LogP contribution in [0.3, 0.4) is 0 Å². The number of piperidine rings is 1. The van der Waals surface area contributed by atoms with E-state index in [1.54, 1.807) is 12.1 Å². The van der Waals surface area contributed by atoms with Gasteiger partial charge in [-0.2, -0.15) is 0 Å². The molecule has 1 spiro atoms. The van der Waals surface area contributed by atoms with Gasteiger partial charge in [-0.25, -0.2) is 4.79 Å². The second kappa shape index (κ2) is 15.5. The summed E-state index contributed by atoms with van der Waals surface area (Å²) < 4.78 is 30.8. The number of para-hydroxylation sites is 1. The molecule has 3 fully saturated rings. The first-order valence-corrected chi connectivity index (χ1v) is 17.0. The third-order valence-electron chi connectivity index (χ3n) is 9.30. The molecule has 3 N–H and O–H groups in total. The number of hydrogen-bond donors (Lipinski definition) is 3. The van der Waals surface area contributed by atoms with Gasteiger partial charge in [0.1, 0.15) is 11.5 Å². The van der Waals surface area contributed by atoms with Gasteiger partial charge in [0.2, 0.25) is 0 Å². The van der Waals surface area contributed by atoms with E-state index in [4.69, 9.17) is 23.7 Å². The Kier molecular flexibility index (Phi) is 10.5. The molecule has 0 saturated carbocycles. The molecule has 0 bridgehead atoms. The number of nitrogens with one attached hydrogen (secondary N) is 2. The van der Waals surface area contributed by atoms with Crippen molar-refractivity contribution >= 4 is 11.7 Å². The first-order chi connectivity index (χ1) is 24.0. The minimum Gasteiger partial charge on any atom is -0.457 e. The van der Waals surface area contributed by atoms with Crippen molar-refractivity contribution in [2.45, 2.75) is 56.7 Å². The number of carbonyl (C=O) groups excluding carboxylic acids is 1. The number of hydrogen-bond acceptors (Lipinski definition) is 8. The van der Waals surface area contributed by atoms with E-state index in [9.17, 15) is 9.90 Å². The van der Waals surface area contributed by atoms with Gasteiger partial charge in [-0.3, -0.25) is 0 Å². The van der Waals surface area contributed by atoms with Gasteiger partial charge in [0, 0.05) is 56.7 Å². The first kappa shape index (κ1) is 33.2. The Bertz CT molecular complexity index is 1640. The number of urea groups is 1. The number of benzene rings is 4. The number of carbonyl (C=O) groups is 1. The summed E-state index contributed by atoms with van der Waals surface area (Å²) in [5, 5.41) is 15.3. The maximum Gasteiger partial charge on any atom is 0.319 e. The molecule has 10 heteroatoms. The Morgan fingerprint density at radius 1 is 0.796 bits per heavy atom. The Labute approximate surface area is 286 Å². The quantitative estimate of drug-likeness (QED) is 0.172. The van der Waals surface area contributed by atoms with Crippen LogP contribution >= 0.6 is 0 Å². The molecule has 10 nitrogen and oxygen atoms in total. The molecule has 4 aromatic rings. The van der Waals surface area contributed by atoms with Gasteiger partial charge in [0.25, 0.3) is 0 Å². The molecular formula is C39H43N3O7. The fourth-order valence-corrected chi connectivity index (χ4v) is 6.56. The van der Waals surface area contributed by atoms with Crippen LogP contribution in [0.5, 0.6) is 11.5 Å². The summed E-state index contributed by atoms with van der Waals surface area (Å²) >= 11 is 0. The Morgan fingerprint density at radius 2 is 1.45 bits per heavy atom. The summed E-state index contributed by atoms with van der Waals surface area (Å²) in [6.45, 7) is 4.29. The molecule has 256 valence electrons. The van der Waals surface area contributed by atoms with Gasteiger partial charge in [0.15, 0.2) is 12.1 Å². The van der Waals surface area contributed by atoms with Crippen LogP contribution in [0.15, 0.2) is 103 Å². The number of amides is 2. The molecule has 7 rings (SSSR count). The Morgan fingerprint density at radius 3 is 2.14 bits per heavy atom. The molecule has 3 atom stereocenters. The monoisotopic (exact) mass is 665 g/mol. The predicted molar refractivity (Wildman–Crippen MR) is 184 cm³/mol. The van der Waals surface area contributed by atoms with E-state index in [-0.39, 0.29) is 24.8 Å². The van der Waals surface area contributed by atoms with Crippen LogP contribution in [0.2, 0.25) is 0 Å². The number of aliphatic hydroxyl groups excluding tert-OH is 1. The van der Waals surface area contributed by atoms with E-state index in [1.807, 2.05) is 91.0 Å². The van der Waals surface area contributed by atoms with Crippen LogP contribution in [0.4, 0.5) is 10.5 Å². The number of aliphatic hydroxyl groups is 1. The number of ether oxygens (including phenoxy) is 5. The molecule has 3 aliphatic heterocycles. The summed E-state index contributed by atoms with van der Waals surface area (Å²) in [6.07, 6.45) is 1.70. The molecule has 3 saturated heterocycles. The lowest BCUT2D eigenvalue weighted by Crippen LogP contribution is -2.48. The maximum atomic E-state index is 12.6. The lowest BCUT2D eigenvalue weighted by Gasteiger charge is -2.41. The number of nitrogens with zero attached hydrogens (tertiary/aromatic N) is 1. The summed E-state index contributed by atoms with van der Waals surface area (Å²) in [5.74, 6) is 1.03. The molecule has 3 heterocycles. The fraction of sp³-hybridized carbons (Fsp3) is 0.359. The third kappa shape index (κ3) is 8.66. The van der Waals surface area contributed by atoms with Crippen LogP contribution < -0.4 is 15.4 Å². The lowest BCUT2D eigenvalue weighted by molar-refractivity contribution is -0.255. The van der Waals surface area contributed by atoms with Gasteiger partial charge in [-0.05, 0) is 53.1 Å². The van der Waals surface area contributed by atoms with E-state index in [1.165, 1.54) is 0 Å². The minimum atomic E-state index is -0.543. The maximum absolute atomic E-state index is 12.6. The summed E-state index contributed by atoms with van der Waals surface area (Å²) in [4.78, 5) is 15.1. The van der Waals surface area contributed by atoms with Gasteiger partial charge in [0.05, 0.1) is 32.0 Å². The predicted octanol–water partition coefficient (Wildman–Crippen LogP) is 6.68. The number of rotatable bonds is 10. The average Bonchev–Trinajstić information content (AvgIpc) is 3.61. The molecular weight excluding hydrogens is 622 g/mol. The second-order valence-electron chi connectivity index (χ2n) is 12.7. The van der Waals surface area contributed by atoms with E-state index < -0.39 is 12.1 Å². The summed E-state index contributed by atoms with van der Waals surface area (Å²) in [5.41, 5.74) is 4.46. The van der Waals surface area contributed by atoms with Crippen LogP contribution in [0, 0.1) is 0 Å². The summed E-state index contributed by atoms with van der Waals surface area (Å²) in [6, 6.07) is 32.4. The van der Waals surface area contributed by atoms with Crippen molar-refractivity contribution in [3.8, 4) is 11.5 Å². The topological polar surface area (TPSA) is 111 Å². The van der Waals surface area contributed by atoms with Gasteiger partial charge < -0.3 is 44.3 Å².